The van der Waals surface area contributed by atoms with Gasteiger partial charge in [0, 0.05) is 19.2 Å². The number of carboxylic acids is 1. The number of hydrogen-bond donors (Lipinski definition) is 3. The molecule has 0 unspecified atom stereocenters. The number of carboxylic acid groups (broad SMARTS) is 1. The van der Waals surface area contributed by atoms with E-state index >= 15 is 0 Å². The summed E-state index contributed by atoms with van der Waals surface area (Å²) in [5.74, 6) is -1.58. The topological polar surface area (TPSA) is 135 Å². The number of fused-ring (bicyclic) bond motifs is 1. The monoisotopic (exact) mass is 473 g/mol. The fraction of sp³-hybridized carbons (Fsp3) is 0.160. The maximum absolute atomic E-state index is 13.3. The number of pyridine rings is 1. The first-order valence-corrected chi connectivity index (χ1v) is 10.8. The molecule has 0 spiro atoms. The van der Waals surface area contributed by atoms with Gasteiger partial charge in [-0.25, -0.2) is 14.8 Å². The third-order valence-corrected chi connectivity index (χ3v) is 5.27. The van der Waals surface area contributed by atoms with E-state index in [1.54, 1.807) is 31.2 Å². The minimum atomic E-state index is -1.40. The van der Waals surface area contributed by atoms with Crippen molar-refractivity contribution in [2.24, 2.45) is 0 Å². The summed E-state index contributed by atoms with van der Waals surface area (Å²) in [5, 5.41) is 16.1. The lowest BCUT2D eigenvalue weighted by atomic mass is 10.1. The Kier molecular flexibility index (Phi) is 6.72. The molecule has 2 aromatic heterocycles. The molecule has 35 heavy (non-hydrogen) atoms. The largest absolute Gasteiger partial charge is 0.477 e. The van der Waals surface area contributed by atoms with E-state index in [1.807, 2.05) is 30.3 Å². The molecule has 0 atom stereocenters. The number of benzene rings is 2. The van der Waals surface area contributed by atoms with Gasteiger partial charge in [0.15, 0.2) is 11.2 Å². The number of amides is 1. The van der Waals surface area contributed by atoms with Gasteiger partial charge >= 0.3 is 11.5 Å². The number of aromatic carboxylic acids is 1. The van der Waals surface area contributed by atoms with Crippen LogP contribution in [0.3, 0.4) is 0 Å². The second-order valence-corrected chi connectivity index (χ2v) is 7.80. The summed E-state index contributed by atoms with van der Waals surface area (Å²) < 4.78 is 0.911. The molecule has 178 valence electrons. The van der Waals surface area contributed by atoms with E-state index in [-0.39, 0.29) is 30.4 Å². The number of nitrogens with zero attached hydrogens (tertiary/aromatic N) is 3. The van der Waals surface area contributed by atoms with Crippen molar-refractivity contribution in [1.29, 1.82) is 0 Å². The van der Waals surface area contributed by atoms with Crippen LogP contribution in [0.2, 0.25) is 0 Å². The number of anilines is 2. The van der Waals surface area contributed by atoms with Crippen molar-refractivity contribution in [3.8, 4) is 0 Å². The number of carbonyl (C=O) groups is 2. The zero-order valence-electron chi connectivity index (χ0n) is 19.1. The van der Waals surface area contributed by atoms with Crippen molar-refractivity contribution >= 4 is 34.3 Å². The second kappa shape index (κ2) is 10.0. The van der Waals surface area contributed by atoms with E-state index in [4.69, 9.17) is 4.84 Å². The van der Waals surface area contributed by atoms with Gasteiger partial charge in [-0.2, -0.15) is 0 Å². The molecule has 0 radical (unpaired) electrons. The molecular formula is C25H23N5O5. The van der Waals surface area contributed by atoms with Crippen LogP contribution in [0.1, 0.15) is 34.1 Å². The minimum Gasteiger partial charge on any atom is -0.477 e. The minimum absolute atomic E-state index is 0.0470. The Morgan fingerprint density at radius 3 is 2.40 bits per heavy atom. The molecule has 0 saturated heterocycles. The summed E-state index contributed by atoms with van der Waals surface area (Å²) >= 11 is 0. The van der Waals surface area contributed by atoms with Gasteiger partial charge in [-0.15, -0.1) is 4.73 Å². The van der Waals surface area contributed by atoms with Crippen molar-refractivity contribution in [3.05, 3.63) is 93.7 Å². The van der Waals surface area contributed by atoms with Crippen LogP contribution < -0.4 is 21.0 Å². The number of hydrogen-bond acceptors (Lipinski definition) is 7. The molecule has 10 nitrogen and oxygen atoms in total. The molecule has 0 aliphatic heterocycles. The molecule has 4 aromatic rings. The normalized spacial score (nSPS) is 10.7. The number of rotatable bonds is 8. The molecule has 0 fully saturated rings. The first kappa shape index (κ1) is 23.4. The highest BCUT2D eigenvalue weighted by Gasteiger charge is 2.25. The summed E-state index contributed by atoms with van der Waals surface area (Å²) in [4.78, 5) is 50.8. The third-order valence-electron chi connectivity index (χ3n) is 5.27. The van der Waals surface area contributed by atoms with Crippen LogP contribution >= 0.6 is 0 Å². The highest BCUT2D eigenvalue weighted by molar-refractivity contribution is 6.04. The van der Waals surface area contributed by atoms with Crippen molar-refractivity contribution in [3.63, 3.8) is 0 Å². The maximum Gasteiger partial charge on any atom is 0.343 e. The summed E-state index contributed by atoms with van der Waals surface area (Å²) in [5.41, 5.74) is 1.69. The average molecular weight is 473 g/mol. The van der Waals surface area contributed by atoms with Gasteiger partial charge in [0.1, 0.15) is 12.9 Å². The molecule has 0 aliphatic carbocycles. The lowest BCUT2D eigenvalue weighted by Crippen LogP contribution is -2.33. The fourth-order valence-corrected chi connectivity index (χ4v) is 3.65. The van der Waals surface area contributed by atoms with Crippen LogP contribution in [0.4, 0.5) is 11.4 Å². The van der Waals surface area contributed by atoms with E-state index in [1.165, 1.54) is 13.3 Å². The van der Waals surface area contributed by atoms with E-state index < -0.39 is 17.1 Å². The Bertz CT molecular complexity index is 1450. The first-order chi connectivity index (χ1) is 16.8. The molecule has 0 aliphatic rings. The van der Waals surface area contributed by atoms with Gasteiger partial charge in [-0.05, 0) is 30.2 Å². The number of nitrogens with one attached hydrogen (secondary N) is 2. The first-order valence-electron chi connectivity index (χ1n) is 10.8. The van der Waals surface area contributed by atoms with Gasteiger partial charge in [-0.1, -0.05) is 42.5 Å². The van der Waals surface area contributed by atoms with Crippen molar-refractivity contribution in [2.75, 3.05) is 10.6 Å². The maximum atomic E-state index is 13.3. The summed E-state index contributed by atoms with van der Waals surface area (Å²) in [6.45, 7) is 3.39. The van der Waals surface area contributed by atoms with Crippen LogP contribution in [0, 0.1) is 6.92 Å². The predicted molar refractivity (Wildman–Crippen MR) is 130 cm³/mol. The molecule has 2 aromatic carbocycles. The molecule has 0 saturated carbocycles. The van der Waals surface area contributed by atoms with E-state index in [2.05, 4.69) is 20.6 Å². The Balaban J connectivity index is 1.74. The van der Waals surface area contributed by atoms with Crippen LogP contribution in [-0.4, -0.2) is 31.7 Å². The molecule has 10 heteroatoms. The number of carbonyl (C=O) groups excluding carboxylic acids is 1. The standard InChI is InChI=1S/C25H23N5O5/c1-15-20-22(26-12-17-8-10-19(11-9-17)29-16(2)31)21(25(33)34)24(32)30(23(20)28-14-27-15)35-13-18-6-4-3-5-7-18/h3-11,14,26H,12-13H2,1-2H3,(H,29,31)(H,33,34). The average Bonchev–Trinajstić information content (AvgIpc) is 2.83. The van der Waals surface area contributed by atoms with Gasteiger partial charge in [0.2, 0.25) is 5.91 Å². The SMILES string of the molecule is CC(=O)Nc1ccc(CNc2c(C(=O)O)c(=O)n(OCc3ccccc3)c3ncnc(C)c23)cc1. The second-order valence-electron chi connectivity index (χ2n) is 7.80. The van der Waals surface area contributed by atoms with Crippen molar-refractivity contribution < 1.29 is 19.5 Å². The number of aryl methyl sites for hydroxylation is 1. The predicted octanol–water partition coefficient (Wildman–Crippen LogP) is 3.00. The van der Waals surface area contributed by atoms with E-state index in [9.17, 15) is 19.5 Å². The van der Waals surface area contributed by atoms with Gasteiger partial charge < -0.3 is 20.6 Å². The Labute approximate surface area is 200 Å². The third kappa shape index (κ3) is 5.11. The molecule has 4 rings (SSSR count). The Morgan fingerprint density at radius 2 is 1.74 bits per heavy atom. The number of aromatic nitrogens is 3. The molecule has 0 bridgehead atoms. The zero-order valence-corrected chi connectivity index (χ0v) is 19.1. The van der Waals surface area contributed by atoms with Crippen LogP contribution in [0.15, 0.2) is 65.7 Å². The lowest BCUT2D eigenvalue weighted by molar-refractivity contribution is -0.114. The van der Waals surface area contributed by atoms with Crippen LogP contribution in [-0.2, 0) is 17.9 Å². The van der Waals surface area contributed by atoms with E-state index in [0.717, 1.165) is 15.9 Å². The summed E-state index contributed by atoms with van der Waals surface area (Å²) in [7, 11) is 0. The highest BCUT2D eigenvalue weighted by atomic mass is 16.7. The molecular weight excluding hydrogens is 450 g/mol. The fourth-order valence-electron chi connectivity index (χ4n) is 3.65. The summed E-state index contributed by atoms with van der Waals surface area (Å²) in [6.07, 6.45) is 1.30. The van der Waals surface area contributed by atoms with E-state index in [0.29, 0.717) is 16.8 Å². The smallest absolute Gasteiger partial charge is 0.343 e. The summed E-state index contributed by atoms with van der Waals surface area (Å²) in [6, 6.07) is 16.2. The molecule has 1 amide bonds. The lowest BCUT2D eigenvalue weighted by Gasteiger charge is -2.18. The molecule has 2 heterocycles. The zero-order chi connectivity index (χ0) is 24.9. The van der Waals surface area contributed by atoms with Crippen LogP contribution in [0.25, 0.3) is 11.0 Å². The van der Waals surface area contributed by atoms with Gasteiger partial charge in [-0.3, -0.25) is 9.59 Å². The van der Waals surface area contributed by atoms with Crippen LogP contribution in [0.5, 0.6) is 0 Å². The Morgan fingerprint density at radius 1 is 1.03 bits per heavy atom. The van der Waals surface area contributed by atoms with Crippen molar-refractivity contribution in [2.45, 2.75) is 27.0 Å². The highest BCUT2D eigenvalue weighted by Crippen LogP contribution is 2.27. The van der Waals surface area contributed by atoms with Gasteiger partial charge in [0.05, 0.1) is 16.8 Å². The van der Waals surface area contributed by atoms with Gasteiger partial charge in [0.25, 0.3) is 0 Å². The quantitative estimate of drug-likeness (QED) is 0.355. The Hall–Kier alpha value is -4.73. The molecule has 3 N–H and O–H groups in total. The van der Waals surface area contributed by atoms with Crippen molar-refractivity contribution in [1.82, 2.24) is 14.7 Å².